The average Bonchev–Trinajstić information content (AvgIpc) is 3.16. The molecular weight excluding hydrogens is 728 g/mol. The first-order chi connectivity index (χ1) is 27.0. The molecular formula is C39H60N6O11. The van der Waals surface area contributed by atoms with Crippen LogP contribution in [0.1, 0.15) is 76.1 Å². The highest BCUT2D eigenvalue weighted by Gasteiger charge is 2.29. The van der Waals surface area contributed by atoms with E-state index >= 15 is 0 Å². The average molecular weight is 789 g/mol. The van der Waals surface area contributed by atoms with E-state index in [1.165, 1.54) is 6.20 Å². The number of ether oxygens (including phenoxy) is 5. The quantitative estimate of drug-likeness (QED) is 0.0417. The predicted octanol–water partition coefficient (Wildman–Crippen LogP) is 1.60. The predicted molar refractivity (Wildman–Crippen MR) is 208 cm³/mol. The van der Waals surface area contributed by atoms with Crippen LogP contribution in [0.15, 0.2) is 30.5 Å². The third-order valence-electron chi connectivity index (χ3n) is 8.01. The third-order valence-corrected chi connectivity index (χ3v) is 8.01. The van der Waals surface area contributed by atoms with Gasteiger partial charge in [-0.05, 0) is 91.1 Å². The van der Waals surface area contributed by atoms with Crippen molar-refractivity contribution in [3.63, 3.8) is 0 Å². The highest BCUT2D eigenvalue weighted by atomic mass is 16.6. The summed E-state index contributed by atoms with van der Waals surface area (Å²) in [5.74, 6) is -1.25. The Balaban J connectivity index is 1.63. The number of amides is 4. The van der Waals surface area contributed by atoms with E-state index in [4.69, 9.17) is 23.7 Å². The third kappa shape index (κ3) is 20.8. The molecule has 2 atom stereocenters. The molecule has 0 fully saturated rings. The lowest BCUT2D eigenvalue weighted by molar-refractivity contribution is -0.159. The van der Waals surface area contributed by atoms with Crippen molar-refractivity contribution in [3.8, 4) is 5.75 Å². The summed E-state index contributed by atoms with van der Waals surface area (Å²) >= 11 is 0. The Morgan fingerprint density at radius 1 is 0.786 bits per heavy atom. The number of benzene rings is 1. The number of fused-ring (bicyclic) bond motifs is 1. The number of carbonyl (C=O) groups is 6. The molecule has 17 heteroatoms. The zero-order valence-corrected chi connectivity index (χ0v) is 33.2. The summed E-state index contributed by atoms with van der Waals surface area (Å²) < 4.78 is 27.6. The molecule has 0 radical (unpaired) electrons. The van der Waals surface area contributed by atoms with Crippen LogP contribution in [-0.4, -0.2) is 132 Å². The van der Waals surface area contributed by atoms with Gasteiger partial charge in [0.1, 0.15) is 23.4 Å². The van der Waals surface area contributed by atoms with E-state index in [1.807, 2.05) is 7.05 Å². The summed E-state index contributed by atoms with van der Waals surface area (Å²) in [7, 11) is 1.84. The molecule has 2 rings (SSSR count). The topological polar surface area (TPSA) is 222 Å². The van der Waals surface area contributed by atoms with Crippen LogP contribution in [0.3, 0.4) is 0 Å². The number of esters is 1. The van der Waals surface area contributed by atoms with Crippen LogP contribution >= 0.6 is 0 Å². The van der Waals surface area contributed by atoms with Crippen molar-refractivity contribution < 1.29 is 52.5 Å². The molecule has 0 bridgehead atoms. The Bertz CT molecular complexity index is 1500. The van der Waals surface area contributed by atoms with Gasteiger partial charge in [0.25, 0.3) is 5.91 Å². The van der Waals surface area contributed by atoms with Crippen molar-refractivity contribution in [1.82, 2.24) is 31.6 Å². The Morgan fingerprint density at radius 3 is 2.14 bits per heavy atom. The van der Waals surface area contributed by atoms with Crippen LogP contribution < -0.4 is 31.3 Å². The second-order valence-corrected chi connectivity index (χ2v) is 13.8. The number of unbranched alkanes of at least 4 members (excludes halogenated alkanes) is 2. The fourth-order valence-electron chi connectivity index (χ4n) is 5.23. The Hall–Kier alpha value is -4.71. The zero-order valence-electron chi connectivity index (χ0n) is 33.2. The maximum atomic E-state index is 13.4. The van der Waals surface area contributed by atoms with Gasteiger partial charge >= 0.3 is 5.97 Å². The minimum absolute atomic E-state index is 0.0115. The van der Waals surface area contributed by atoms with Gasteiger partial charge in [-0.2, -0.15) is 0 Å². The molecule has 1 aromatic heterocycles. The molecule has 0 aliphatic heterocycles. The van der Waals surface area contributed by atoms with E-state index < -0.39 is 29.6 Å². The SMILES string of the molecule is CNCCCCC(NC(=O)C(CCCCNC=O)NC(=O)CCOCCOCCOCCNC(=O)COc1ccc2c(C=O)ccnc2c1)C(=O)OC(C)(C)C. The number of aldehydes is 1. The first-order valence-corrected chi connectivity index (χ1v) is 19.1. The first kappa shape index (κ1) is 47.4. The molecule has 1 heterocycles. The summed E-state index contributed by atoms with van der Waals surface area (Å²) in [5.41, 5.74) is 0.392. The lowest BCUT2D eigenvalue weighted by Crippen LogP contribution is -2.52. The molecule has 5 N–H and O–H groups in total. The van der Waals surface area contributed by atoms with E-state index in [0.29, 0.717) is 80.5 Å². The summed E-state index contributed by atoms with van der Waals surface area (Å²) in [4.78, 5) is 77.2. The second-order valence-electron chi connectivity index (χ2n) is 13.8. The summed E-state index contributed by atoms with van der Waals surface area (Å²) in [5, 5.41) is 14.6. The molecule has 0 saturated heterocycles. The van der Waals surface area contributed by atoms with Gasteiger partial charge in [-0.25, -0.2) is 4.79 Å². The molecule has 2 aromatic rings. The normalized spacial score (nSPS) is 12.3. The van der Waals surface area contributed by atoms with Gasteiger partial charge in [-0.1, -0.05) is 0 Å². The zero-order chi connectivity index (χ0) is 41.0. The fourth-order valence-corrected chi connectivity index (χ4v) is 5.23. The lowest BCUT2D eigenvalue weighted by atomic mass is 10.1. The van der Waals surface area contributed by atoms with Gasteiger partial charge in [-0.15, -0.1) is 0 Å². The maximum absolute atomic E-state index is 13.4. The number of carbonyl (C=O) groups excluding carboxylic acids is 6. The molecule has 17 nitrogen and oxygen atoms in total. The molecule has 4 amide bonds. The van der Waals surface area contributed by atoms with Crippen molar-refractivity contribution in [2.24, 2.45) is 0 Å². The molecule has 1 aromatic carbocycles. The molecule has 0 spiro atoms. The minimum atomic E-state index is -0.890. The number of hydrogen-bond donors (Lipinski definition) is 5. The number of rotatable bonds is 31. The maximum Gasteiger partial charge on any atom is 0.329 e. The van der Waals surface area contributed by atoms with Crippen LogP contribution in [0.4, 0.5) is 0 Å². The van der Waals surface area contributed by atoms with Crippen molar-refractivity contribution in [3.05, 3.63) is 36.0 Å². The molecule has 56 heavy (non-hydrogen) atoms. The number of nitrogens with zero attached hydrogens (tertiary/aromatic N) is 1. The van der Waals surface area contributed by atoms with Gasteiger partial charge in [0, 0.05) is 42.7 Å². The first-order valence-electron chi connectivity index (χ1n) is 19.1. The van der Waals surface area contributed by atoms with Crippen LogP contribution in [0.5, 0.6) is 5.75 Å². The number of nitrogens with one attached hydrogen (secondary N) is 5. The van der Waals surface area contributed by atoms with Crippen LogP contribution in [0.25, 0.3) is 10.9 Å². The van der Waals surface area contributed by atoms with E-state index in [9.17, 15) is 28.8 Å². The molecule has 0 aliphatic carbocycles. The molecule has 312 valence electrons. The molecule has 0 aliphatic rings. The number of aromatic nitrogens is 1. The van der Waals surface area contributed by atoms with Gasteiger partial charge in [-0.3, -0.25) is 29.0 Å². The van der Waals surface area contributed by atoms with Crippen LogP contribution in [0.2, 0.25) is 0 Å². The second kappa shape index (κ2) is 27.8. The van der Waals surface area contributed by atoms with Crippen molar-refractivity contribution >= 4 is 47.3 Å². The van der Waals surface area contributed by atoms with Gasteiger partial charge in [0.15, 0.2) is 12.9 Å². The van der Waals surface area contributed by atoms with Crippen LogP contribution in [0, 0.1) is 0 Å². The van der Waals surface area contributed by atoms with Crippen molar-refractivity contribution in [2.75, 3.05) is 72.9 Å². The summed E-state index contributed by atoms with van der Waals surface area (Å²) in [6.07, 6.45) is 6.28. The fraction of sp³-hybridized carbons (Fsp3) is 0.615. The lowest BCUT2D eigenvalue weighted by Gasteiger charge is -2.26. The highest BCUT2D eigenvalue weighted by Crippen LogP contribution is 2.21. The Labute approximate surface area is 329 Å². The monoisotopic (exact) mass is 788 g/mol. The standard InChI is InChI=1S/C39H60N6O11/c1-39(2,3)56-38(51)33(10-5-7-15-40-4)45-37(50)32(9-6-8-16-41-28-47)44-35(48)14-19-52-21-23-54-24-22-53-20-18-43-36(49)27-55-30-11-12-31-29(26-46)13-17-42-34(31)25-30/h11-13,17,25-26,28,32-33,40H,5-10,14-16,18-24,27H2,1-4H3,(H,41,47)(H,43,49)(H,44,48)(H,45,50). The van der Waals surface area contributed by atoms with Gasteiger partial charge in [0.05, 0.1) is 45.2 Å². The Morgan fingerprint density at radius 2 is 1.46 bits per heavy atom. The number of pyridine rings is 1. The number of hydrogen-bond acceptors (Lipinski definition) is 13. The molecule has 2 unspecified atom stereocenters. The van der Waals surface area contributed by atoms with Crippen molar-refractivity contribution in [1.29, 1.82) is 0 Å². The van der Waals surface area contributed by atoms with E-state index in [1.54, 1.807) is 45.0 Å². The highest BCUT2D eigenvalue weighted by molar-refractivity contribution is 5.96. The van der Waals surface area contributed by atoms with E-state index in [2.05, 4.69) is 31.6 Å². The summed E-state index contributed by atoms with van der Waals surface area (Å²) in [6.45, 7) is 8.11. The van der Waals surface area contributed by atoms with E-state index in [0.717, 1.165) is 19.3 Å². The smallest absolute Gasteiger partial charge is 0.329 e. The van der Waals surface area contributed by atoms with Crippen LogP contribution in [-0.2, 0) is 42.9 Å². The molecule has 0 saturated carbocycles. The minimum Gasteiger partial charge on any atom is -0.484 e. The Kier molecular flexibility index (Phi) is 23.6. The van der Waals surface area contributed by atoms with E-state index in [-0.39, 0.29) is 57.8 Å². The van der Waals surface area contributed by atoms with Crippen molar-refractivity contribution in [2.45, 2.75) is 83.4 Å². The summed E-state index contributed by atoms with van der Waals surface area (Å²) in [6, 6.07) is 4.95. The largest absolute Gasteiger partial charge is 0.484 e. The van der Waals surface area contributed by atoms with Gasteiger partial charge in [0.2, 0.25) is 18.2 Å². The van der Waals surface area contributed by atoms with Gasteiger partial charge < -0.3 is 50.3 Å².